The zero-order chi connectivity index (χ0) is 18.5. The molecule has 0 bridgehead atoms. The Morgan fingerprint density at radius 1 is 1.35 bits per heavy atom. The molecule has 1 atom stereocenters. The van der Waals surface area contributed by atoms with Gasteiger partial charge in [0, 0.05) is 13.1 Å². The van der Waals surface area contributed by atoms with Crippen molar-refractivity contribution < 1.29 is 17.9 Å². The molecule has 4 rings (SSSR count). The molecule has 0 radical (unpaired) electrons. The van der Waals surface area contributed by atoms with Crippen molar-refractivity contribution in [3.05, 3.63) is 12.5 Å². The first-order chi connectivity index (χ1) is 12.4. The predicted molar refractivity (Wildman–Crippen MR) is 94.2 cm³/mol. The molecular weight excluding hydrogens is 358 g/mol. The van der Waals surface area contributed by atoms with Crippen molar-refractivity contribution in [1.82, 2.24) is 19.7 Å². The first kappa shape index (κ1) is 17.2. The lowest BCUT2D eigenvalue weighted by molar-refractivity contribution is -0.149. The van der Waals surface area contributed by atoms with Crippen molar-refractivity contribution in [1.29, 1.82) is 0 Å². The highest BCUT2D eigenvalue weighted by molar-refractivity contribution is 7.92. The first-order valence-corrected chi connectivity index (χ1v) is 10.2. The van der Waals surface area contributed by atoms with E-state index in [1.165, 1.54) is 13.4 Å². The molecule has 2 fully saturated rings. The van der Waals surface area contributed by atoms with E-state index < -0.39 is 14.6 Å². The number of methoxy groups -OCH3 is 1. The van der Waals surface area contributed by atoms with Crippen LogP contribution in [0.4, 0.5) is 5.82 Å². The maximum atomic E-state index is 12.6. The molecule has 9 nitrogen and oxygen atoms in total. The second-order valence-corrected chi connectivity index (χ2v) is 9.70. The van der Waals surface area contributed by atoms with E-state index in [-0.39, 0.29) is 23.7 Å². The second kappa shape index (κ2) is 5.90. The number of anilines is 1. The van der Waals surface area contributed by atoms with Crippen molar-refractivity contribution in [2.45, 2.75) is 36.5 Å². The van der Waals surface area contributed by atoms with Crippen LogP contribution in [0.15, 0.2) is 12.5 Å². The van der Waals surface area contributed by atoms with Gasteiger partial charge in [-0.2, -0.15) is 5.10 Å². The minimum absolute atomic E-state index is 0.0320. The molecule has 140 valence electrons. The fourth-order valence-electron chi connectivity index (χ4n) is 4.18. The lowest BCUT2D eigenvalue weighted by atomic mass is 9.70. The highest BCUT2D eigenvalue weighted by Crippen LogP contribution is 2.50. The van der Waals surface area contributed by atoms with Crippen LogP contribution in [0.1, 0.15) is 25.7 Å². The number of nitrogens with one attached hydrogen (secondary N) is 1. The number of carbonyl (C=O) groups is 1. The van der Waals surface area contributed by atoms with Gasteiger partial charge in [-0.25, -0.2) is 18.4 Å². The summed E-state index contributed by atoms with van der Waals surface area (Å²) < 4.78 is 30.9. The van der Waals surface area contributed by atoms with Crippen LogP contribution in [0.5, 0.6) is 0 Å². The molecule has 0 aromatic carbocycles. The first-order valence-electron chi connectivity index (χ1n) is 8.54. The Balaban J connectivity index is 1.55. The SMILES string of the molecule is COC(=O)C1CC2(CC(Nc3ncnc4c3cnn4C)CCS2(=O)=O)C1. The summed E-state index contributed by atoms with van der Waals surface area (Å²) in [6.07, 6.45) is 4.83. The zero-order valence-electron chi connectivity index (χ0n) is 14.7. The van der Waals surface area contributed by atoms with E-state index in [0.717, 1.165) is 11.0 Å². The Morgan fingerprint density at radius 2 is 2.12 bits per heavy atom. The second-order valence-electron chi connectivity index (χ2n) is 7.19. The number of hydrogen-bond donors (Lipinski definition) is 1. The van der Waals surface area contributed by atoms with Crippen LogP contribution in [0.3, 0.4) is 0 Å². The lowest BCUT2D eigenvalue weighted by Crippen LogP contribution is -2.58. The minimum Gasteiger partial charge on any atom is -0.469 e. The van der Waals surface area contributed by atoms with Crippen LogP contribution in [0, 0.1) is 5.92 Å². The van der Waals surface area contributed by atoms with E-state index in [4.69, 9.17) is 4.74 Å². The highest BCUT2D eigenvalue weighted by atomic mass is 32.2. The van der Waals surface area contributed by atoms with Gasteiger partial charge in [-0.05, 0) is 25.7 Å². The Morgan fingerprint density at radius 3 is 2.85 bits per heavy atom. The van der Waals surface area contributed by atoms with Gasteiger partial charge < -0.3 is 10.1 Å². The summed E-state index contributed by atoms with van der Waals surface area (Å²) in [6.45, 7) is 0. The molecule has 0 amide bonds. The van der Waals surface area contributed by atoms with Gasteiger partial charge in [0.05, 0.1) is 35.1 Å². The molecule has 1 aliphatic heterocycles. The van der Waals surface area contributed by atoms with E-state index in [1.54, 1.807) is 10.9 Å². The number of esters is 1. The molecule has 10 heteroatoms. The molecule has 2 aliphatic rings. The van der Waals surface area contributed by atoms with E-state index in [0.29, 0.717) is 31.5 Å². The third-order valence-corrected chi connectivity index (χ3v) is 8.25. The van der Waals surface area contributed by atoms with E-state index >= 15 is 0 Å². The van der Waals surface area contributed by atoms with Gasteiger partial charge in [0.1, 0.15) is 12.1 Å². The Labute approximate surface area is 151 Å². The molecule has 1 saturated carbocycles. The fourth-order valence-corrected chi connectivity index (χ4v) is 6.57. The fraction of sp³-hybridized carbons (Fsp3) is 0.625. The van der Waals surface area contributed by atoms with Crippen molar-refractivity contribution in [3.8, 4) is 0 Å². The average Bonchev–Trinajstić information content (AvgIpc) is 2.96. The number of carbonyl (C=O) groups excluding carboxylic acids is 1. The summed E-state index contributed by atoms with van der Waals surface area (Å²) in [4.78, 5) is 20.2. The quantitative estimate of drug-likeness (QED) is 0.774. The lowest BCUT2D eigenvalue weighted by Gasteiger charge is -2.49. The molecule has 1 unspecified atom stereocenters. The highest BCUT2D eigenvalue weighted by Gasteiger charge is 2.58. The number of nitrogens with zero attached hydrogens (tertiary/aromatic N) is 4. The molecule has 1 N–H and O–H groups in total. The molecular formula is C16H21N5O4S. The Hall–Kier alpha value is -2.23. The van der Waals surface area contributed by atoms with Crippen molar-refractivity contribution >= 4 is 32.7 Å². The summed E-state index contributed by atoms with van der Waals surface area (Å²) in [5.41, 5.74) is 0.718. The Bertz CT molecular complexity index is 964. The molecule has 2 aromatic heterocycles. The topological polar surface area (TPSA) is 116 Å². The smallest absolute Gasteiger partial charge is 0.308 e. The number of fused-ring (bicyclic) bond motifs is 1. The van der Waals surface area contributed by atoms with E-state index in [2.05, 4.69) is 20.4 Å². The number of sulfone groups is 1. The number of rotatable bonds is 3. The van der Waals surface area contributed by atoms with Crippen LogP contribution in [0.25, 0.3) is 11.0 Å². The maximum Gasteiger partial charge on any atom is 0.308 e. The zero-order valence-corrected chi connectivity index (χ0v) is 15.5. The van der Waals surface area contributed by atoms with Gasteiger partial charge in [-0.3, -0.25) is 9.48 Å². The van der Waals surface area contributed by atoms with Gasteiger partial charge in [0.25, 0.3) is 0 Å². The van der Waals surface area contributed by atoms with Crippen LogP contribution in [-0.4, -0.2) is 57.8 Å². The van der Waals surface area contributed by atoms with E-state index in [1.807, 2.05) is 7.05 Å². The summed E-state index contributed by atoms with van der Waals surface area (Å²) in [5.74, 6) is 0.123. The van der Waals surface area contributed by atoms with Gasteiger partial charge in [-0.1, -0.05) is 0 Å². The normalized spacial score (nSPS) is 30.1. The standard InChI is InChI=1S/C16H21N5O4S/c1-21-14-12(8-19-21)13(17-9-18-14)20-11-3-4-26(23,24)16(7-11)5-10(6-16)15(22)25-2/h8-11H,3-7H2,1-2H3,(H,17,18,20). The molecule has 26 heavy (non-hydrogen) atoms. The average molecular weight is 379 g/mol. The van der Waals surface area contributed by atoms with E-state index in [9.17, 15) is 13.2 Å². The summed E-state index contributed by atoms with van der Waals surface area (Å²) in [5, 5.41) is 8.37. The molecule has 1 spiro atoms. The molecule has 1 saturated heterocycles. The monoisotopic (exact) mass is 379 g/mol. The predicted octanol–water partition coefficient (Wildman–Crippen LogP) is 0.674. The summed E-state index contributed by atoms with van der Waals surface area (Å²) in [6, 6.07) is -0.0320. The van der Waals surface area contributed by atoms with Crippen LogP contribution in [0.2, 0.25) is 0 Å². The summed E-state index contributed by atoms with van der Waals surface area (Å²) in [7, 11) is -0.0788. The van der Waals surface area contributed by atoms with Gasteiger partial charge in [0.2, 0.25) is 0 Å². The molecule has 2 aromatic rings. The Kier molecular flexibility index (Phi) is 3.90. The molecule has 1 aliphatic carbocycles. The van der Waals surface area contributed by atoms with Gasteiger partial charge in [-0.15, -0.1) is 0 Å². The third-order valence-electron chi connectivity index (χ3n) is 5.65. The van der Waals surface area contributed by atoms with Crippen molar-refractivity contribution in [2.75, 3.05) is 18.2 Å². The number of hydrogen-bond acceptors (Lipinski definition) is 8. The number of aromatic nitrogens is 4. The summed E-state index contributed by atoms with van der Waals surface area (Å²) >= 11 is 0. The van der Waals surface area contributed by atoms with Crippen molar-refractivity contribution in [2.24, 2.45) is 13.0 Å². The van der Waals surface area contributed by atoms with Crippen molar-refractivity contribution in [3.63, 3.8) is 0 Å². The minimum atomic E-state index is -3.22. The van der Waals surface area contributed by atoms with Crippen LogP contribution >= 0.6 is 0 Å². The van der Waals surface area contributed by atoms with Gasteiger partial charge in [0.15, 0.2) is 15.5 Å². The van der Waals surface area contributed by atoms with Crippen LogP contribution < -0.4 is 5.32 Å². The third kappa shape index (κ3) is 2.54. The maximum absolute atomic E-state index is 12.6. The molecule has 3 heterocycles. The number of aryl methyl sites for hydroxylation is 1. The van der Waals surface area contributed by atoms with Crippen LogP contribution in [-0.2, 0) is 26.4 Å². The van der Waals surface area contributed by atoms with Gasteiger partial charge >= 0.3 is 5.97 Å². The number of ether oxygens (including phenoxy) is 1. The largest absolute Gasteiger partial charge is 0.469 e.